The third kappa shape index (κ3) is 7.83. The van der Waals surface area contributed by atoms with Gasteiger partial charge in [0.2, 0.25) is 0 Å². The SMILES string of the molecule is Cc1cc(NS(=O)(=O)c2ccc(Cl)cc2Cl)cc(C)c1CNC(=O)c1ccc(COS(C)(=O)=O)cc1Cl. The van der Waals surface area contributed by atoms with Gasteiger partial charge in [0.25, 0.3) is 26.0 Å². The molecule has 37 heavy (non-hydrogen) atoms. The lowest BCUT2D eigenvalue weighted by Crippen LogP contribution is -2.24. The highest BCUT2D eigenvalue weighted by molar-refractivity contribution is 7.92. The van der Waals surface area contributed by atoms with Gasteiger partial charge in [-0.15, -0.1) is 0 Å². The lowest BCUT2D eigenvalue weighted by Gasteiger charge is -2.16. The van der Waals surface area contributed by atoms with Crippen LogP contribution in [0.1, 0.15) is 32.6 Å². The normalized spacial score (nSPS) is 11.8. The van der Waals surface area contributed by atoms with Crippen molar-refractivity contribution in [2.45, 2.75) is 31.9 Å². The number of carbonyl (C=O) groups excluding carboxylic acids is 1. The van der Waals surface area contributed by atoms with E-state index in [1.807, 2.05) is 0 Å². The Kier molecular flexibility index (Phi) is 9.15. The maximum absolute atomic E-state index is 12.8. The Morgan fingerprint density at radius 2 is 1.54 bits per heavy atom. The molecule has 0 radical (unpaired) electrons. The second kappa shape index (κ2) is 11.6. The van der Waals surface area contributed by atoms with E-state index in [2.05, 4.69) is 10.0 Å². The number of nitrogens with one attached hydrogen (secondary N) is 2. The summed E-state index contributed by atoms with van der Waals surface area (Å²) in [5, 5.41) is 3.27. The van der Waals surface area contributed by atoms with Crippen molar-refractivity contribution in [1.82, 2.24) is 5.32 Å². The highest BCUT2D eigenvalue weighted by Gasteiger charge is 2.20. The second-order valence-electron chi connectivity index (χ2n) is 8.23. The molecule has 0 spiro atoms. The van der Waals surface area contributed by atoms with Gasteiger partial charge in [0.15, 0.2) is 0 Å². The summed E-state index contributed by atoms with van der Waals surface area (Å²) in [6.07, 6.45) is 0.942. The van der Waals surface area contributed by atoms with E-state index in [-0.39, 0.29) is 33.7 Å². The van der Waals surface area contributed by atoms with Crippen molar-refractivity contribution >= 4 is 66.5 Å². The van der Waals surface area contributed by atoms with Crippen LogP contribution in [0.25, 0.3) is 0 Å². The average molecular weight is 606 g/mol. The number of hydrogen-bond donors (Lipinski definition) is 2. The molecule has 0 aromatic heterocycles. The van der Waals surface area contributed by atoms with Crippen LogP contribution in [0.4, 0.5) is 5.69 Å². The third-order valence-corrected chi connectivity index (χ3v) is 8.23. The number of aryl methyl sites for hydroxylation is 2. The molecule has 2 N–H and O–H groups in total. The molecule has 0 saturated heterocycles. The molecule has 0 bridgehead atoms. The molecule has 0 atom stereocenters. The van der Waals surface area contributed by atoms with Crippen LogP contribution in [0, 0.1) is 13.8 Å². The Bertz CT molecular complexity index is 1550. The van der Waals surface area contributed by atoms with Crippen molar-refractivity contribution in [3.05, 3.63) is 91.4 Å². The van der Waals surface area contributed by atoms with Crippen LogP contribution in [-0.4, -0.2) is 29.0 Å². The molecule has 0 fully saturated rings. The van der Waals surface area contributed by atoms with Crippen LogP contribution in [0.3, 0.4) is 0 Å². The van der Waals surface area contributed by atoms with Gasteiger partial charge in [-0.3, -0.25) is 13.7 Å². The Hall–Kier alpha value is -2.34. The minimum Gasteiger partial charge on any atom is -0.348 e. The molecule has 1 amide bonds. The fraction of sp³-hybridized carbons (Fsp3) is 0.208. The molecule has 0 aliphatic rings. The number of anilines is 1. The van der Waals surface area contributed by atoms with Crippen molar-refractivity contribution in [3.8, 4) is 0 Å². The molecular formula is C24H23Cl3N2O6S2. The highest BCUT2D eigenvalue weighted by atomic mass is 35.5. The standard InChI is InChI=1S/C24H23Cl3N2O6S2/c1-14-8-18(29-37(33,34)23-7-5-17(25)11-22(23)27)9-15(2)20(14)12-28-24(30)19-6-4-16(10-21(19)26)13-35-36(3,31)32/h4-11,29H,12-13H2,1-3H3,(H,28,30). The smallest absolute Gasteiger partial charge is 0.264 e. The predicted molar refractivity (Wildman–Crippen MR) is 145 cm³/mol. The lowest BCUT2D eigenvalue weighted by molar-refractivity contribution is 0.0951. The Labute approximate surface area is 231 Å². The molecule has 0 heterocycles. The van der Waals surface area contributed by atoms with Crippen molar-refractivity contribution in [3.63, 3.8) is 0 Å². The van der Waals surface area contributed by atoms with E-state index in [0.717, 1.165) is 22.9 Å². The Morgan fingerprint density at radius 3 is 2.11 bits per heavy atom. The molecule has 13 heteroatoms. The number of amides is 1. The molecule has 8 nitrogen and oxygen atoms in total. The van der Waals surface area contributed by atoms with E-state index in [9.17, 15) is 21.6 Å². The van der Waals surface area contributed by atoms with E-state index in [0.29, 0.717) is 16.3 Å². The summed E-state index contributed by atoms with van der Waals surface area (Å²) in [6.45, 7) is 3.57. The van der Waals surface area contributed by atoms with Crippen LogP contribution < -0.4 is 10.0 Å². The molecule has 198 valence electrons. The zero-order valence-corrected chi connectivity index (χ0v) is 23.8. The van der Waals surface area contributed by atoms with Gasteiger partial charge < -0.3 is 5.32 Å². The summed E-state index contributed by atoms with van der Waals surface area (Å²) >= 11 is 18.1. The number of benzene rings is 3. The number of sulfonamides is 1. The minimum absolute atomic E-state index is 0.00222. The monoisotopic (exact) mass is 604 g/mol. The first-order chi connectivity index (χ1) is 17.2. The van der Waals surface area contributed by atoms with Gasteiger partial charge >= 0.3 is 0 Å². The summed E-state index contributed by atoms with van der Waals surface area (Å²) in [5.74, 6) is -0.429. The molecule has 3 aromatic carbocycles. The van der Waals surface area contributed by atoms with Gasteiger partial charge in [0.1, 0.15) is 4.90 Å². The summed E-state index contributed by atoms with van der Waals surface area (Å²) in [5.41, 5.74) is 3.35. The van der Waals surface area contributed by atoms with Crippen molar-refractivity contribution in [2.75, 3.05) is 11.0 Å². The number of rotatable bonds is 9. The second-order valence-corrected chi connectivity index (χ2v) is 12.8. The first-order valence-corrected chi connectivity index (χ1v) is 15.1. The molecule has 0 unspecified atom stereocenters. The van der Waals surface area contributed by atoms with E-state index in [1.165, 1.54) is 30.3 Å². The zero-order valence-electron chi connectivity index (χ0n) is 19.9. The van der Waals surface area contributed by atoms with Gasteiger partial charge in [-0.2, -0.15) is 8.42 Å². The molecule has 0 saturated carbocycles. The average Bonchev–Trinajstić information content (AvgIpc) is 2.76. The molecular weight excluding hydrogens is 583 g/mol. The van der Waals surface area contributed by atoms with Gasteiger partial charge in [-0.05, 0) is 78.6 Å². The van der Waals surface area contributed by atoms with Gasteiger partial charge in [-0.1, -0.05) is 40.9 Å². The minimum atomic E-state index is -3.96. The number of carbonyl (C=O) groups is 1. The lowest BCUT2D eigenvalue weighted by atomic mass is 10.0. The van der Waals surface area contributed by atoms with E-state index in [4.69, 9.17) is 39.0 Å². The maximum atomic E-state index is 12.8. The quantitative estimate of drug-likeness (QED) is 0.312. The molecule has 0 aliphatic carbocycles. The summed E-state index contributed by atoms with van der Waals surface area (Å²) < 4.78 is 55.2. The third-order valence-electron chi connectivity index (χ3n) is 5.28. The highest BCUT2D eigenvalue weighted by Crippen LogP contribution is 2.28. The zero-order chi connectivity index (χ0) is 27.5. The fourth-order valence-corrected chi connectivity index (χ4v) is 5.96. The van der Waals surface area contributed by atoms with Crippen molar-refractivity contribution in [1.29, 1.82) is 0 Å². The molecule has 3 rings (SSSR count). The van der Waals surface area contributed by atoms with Gasteiger partial charge in [-0.25, -0.2) is 8.42 Å². The van der Waals surface area contributed by atoms with Crippen LogP contribution in [0.2, 0.25) is 15.1 Å². The topological polar surface area (TPSA) is 119 Å². The molecule has 3 aromatic rings. The van der Waals surface area contributed by atoms with Gasteiger partial charge in [0.05, 0.1) is 28.5 Å². The predicted octanol–water partition coefficient (Wildman–Crippen LogP) is 5.47. The van der Waals surface area contributed by atoms with E-state index >= 15 is 0 Å². The van der Waals surface area contributed by atoms with Crippen LogP contribution in [0.5, 0.6) is 0 Å². The largest absolute Gasteiger partial charge is 0.348 e. The molecule has 0 aliphatic heterocycles. The number of hydrogen-bond acceptors (Lipinski definition) is 6. The number of halogens is 3. The fourth-order valence-electron chi connectivity index (χ4n) is 3.51. The van der Waals surface area contributed by atoms with Crippen molar-refractivity contribution in [2.24, 2.45) is 0 Å². The first kappa shape index (κ1) is 29.2. The van der Waals surface area contributed by atoms with Crippen LogP contribution in [0.15, 0.2) is 53.4 Å². The van der Waals surface area contributed by atoms with Gasteiger partial charge in [0, 0.05) is 17.3 Å². The Morgan fingerprint density at radius 1 is 0.892 bits per heavy atom. The Balaban J connectivity index is 1.72. The van der Waals surface area contributed by atoms with Crippen molar-refractivity contribution < 1.29 is 25.8 Å². The first-order valence-electron chi connectivity index (χ1n) is 10.7. The van der Waals surface area contributed by atoms with E-state index in [1.54, 1.807) is 32.0 Å². The summed E-state index contributed by atoms with van der Waals surface area (Å²) in [4.78, 5) is 12.6. The summed E-state index contributed by atoms with van der Waals surface area (Å²) in [7, 11) is -7.57. The van der Waals surface area contributed by atoms with Crippen LogP contribution >= 0.6 is 34.8 Å². The summed E-state index contributed by atoms with van der Waals surface area (Å²) in [6, 6.07) is 11.9. The maximum Gasteiger partial charge on any atom is 0.264 e. The van der Waals surface area contributed by atoms with Crippen LogP contribution in [-0.2, 0) is 37.5 Å². The van der Waals surface area contributed by atoms with E-state index < -0.39 is 26.0 Å².